The summed E-state index contributed by atoms with van der Waals surface area (Å²) < 4.78 is 5.63. The highest BCUT2D eigenvalue weighted by Crippen LogP contribution is 2.38. The fourth-order valence-electron chi connectivity index (χ4n) is 4.13. The van der Waals surface area contributed by atoms with Crippen molar-refractivity contribution in [1.82, 2.24) is 10.2 Å². The Labute approximate surface area is 149 Å². The van der Waals surface area contributed by atoms with E-state index in [-0.39, 0.29) is 0 Å². The maximum atomic E-state index is 5.63. The summed E-state index contributed by atoms with van der Waals surface area (Å²) in [5.41, 5.74) is 1.74. The second kappa shape index (κ2) is 7.04. The van der Waals surface area contributed by atoms with Crippen LogP contribution in [0.5, 0.6) is 0 Å². The molecule has 2 heterocycles. The van der Waals surface area contributed by atoms with Crippen molar-refractivity contribution >= 4 is 16.7 Å². The lowest BCUT2D eigenvalue weighted by molar-refractivity contribution is 0.156. The van der Waals surface area contributed by atoms with Gasteiger partial charge in [-0.15, -0.1) is 0 Å². The first-order valence-electron chi connectivity index (χ1n) is 9.29. The van der Waals surface area contributed by atoms with Gasteiger partial charge in [0.25, 0.3) is 0 Å². The number of rotatable bonds is 3. The highest BCUT2D eigenvalue weighted by molar-refractivity contribution is 5.83. The average Bonchev–Trinajstić information content (AvgIpc) is 3.29. The molecule has 132 valence electrons. The van der Waals surface area contributed by atoms with Gasteiger partial charge in [0, 0.05) is 38.7 Å². The third-order valence-corrected chi connectivity index (χ3v) is 5.65. The lowest BCUT2D eigenvalue weighted by Gasteiger charge is -2.25. The molecule has 2 aliphatic heterocycles. The van der Waals surface area contributed by atoms with Crippen LogP contribution in [0.4, 0.5) is 0 Å². The van der Waals surface area contributed by atoms with Crippen LogP contribution in [0.2, 0.25) is 0 Å². The molecule has 4 heteroatoms. The lowest BCUT2D eigenvalue weighted by atomic mass is 9.87. The van der Waals surface area contributed by atoms with Gasteiger partial charge in [-0.3, -0.25) is 4.99 Å². The molecule has 1 N–H and O–H groups in total. The first-order chi connectivity index (χ1) is 12.3. The Bertz CT molecular complexity index is 765. The second-order valence-corrected chi connectivity index (χ2v) is 7.38. The standard InChI is InChI=1S/C21H27N3O/c1-22-20(24-12-9-21(15-24)10-13-25-16-21)23-11-8-17-6-7-18-4-2-3-5-19(18)14-17/h2-7,14H,8-13,15-16H2,1H3,(H,22,23). The maximum absolute atomic E-state index is 5.63. The Morgan fingerprint density at radius 2 is 2.08 bits per heavy atom. The molecular formula is C21H27N3O. The first-order valence-corrected chi connectivity index (χ1v) is 9.29. The quantitative estimate of drug-likeness (QED) is 0.691. The average molecular weight is 337 g/mol. The topological polar surface area (TPSA) is 36.9 Å². The van der Waals surface area contributed by atoms with Crippen LogP contribution < -0.4 is 5.32 Å². The van der Waals surface area contributed by atoms with Gasteiger partial charge in [0.2, 0.25) is 0 Å². The minimum Gasteiger partial charge on any atom is -0.381 e. The molecule has 4 rings (SSSR count). The van der Waals surface area contributed by atoms with Crippen LogP contribution in [0, 0.1) is 5.41 Å². The van der Waals surface area contributed by atoms with Gasteiger partial charge in [0.1, 0.15) is 0 Å². The number of hydrogen-bond donors (Lipinski definition) is 1. The van der Waals surface area contributed by atoms with Crippen molar-refractivity contribution in [3.63, 3.8) is 0 Å². The largest absolute Gasteiger partial charge is 0.381 e. The zero-order valence-electron chi connectivity index (χ0n) is 15.0. The van der Waals surface area contributed by atoms with Gasteiger partial charge in [-0.1, -0.05) is 42.5 Å². The van der Waals surface area contributed by atoms with Crippen molar-refractivity contribution in [3.8, 4) is 0 Å². The predicted molar refractivity (Wildman–Crippen MR) is 103 cm³/mol. The summed E-state index contributed by atoms with van der Waals surface area (Å²) in [7, 11) is 1.88. The number of ether oxygens (including phenoxy) is 1. The number of nitrogens with one attached hydrogen (secondary N) is 1. The van der Waals surface area contributed by atoms with Crippen LogP contribution in [0.3, 0.4) is 0 Å². The molecule has 2 aliphatic rings. The Kier molecular flexibility index (Phi) is 4.62. The number of fused-ring (bicyclic) bond motifs is 1. The zero-order chi connectivity index (χ0) is 17.1. The molecular weight excluding hydrogens is 310 g/mol. The molecule has 1 unspecified atom stereocenters. The van der Waals surface area contributed by atoms with E-state index in [9.17, 15) is 0 Å². The molecule has 2 fully saturated rings. The molecule has 0 amide bonds. The Balaban J connectivity index is 1.33. The van der Waals surface area contributed by atoms with Gasteiger partial charge >= 0.3 is 0 Å². The molecule has 4 nitrogen and oxygen atoms in total. The highest BCUT2D eigenvalue weighted by atomic mass is 16.5. The summed E-state index contributed by atoms with van der Waals surface area (Å²) >= 11 is 0. The third-order valence-electron chi connectivity index (χ3n) is 5.65. The summed E-state index contributed by atoms with van der Waals surface area (Å²) in [4.78, 5) is 6.89. The molecule has 0 radical (unpaired) electrons. The first kappa shape index (κ1) is 16.4. The highest BCUT2D eigenvalue weighted by Gasteiger charge is 2.42. The molecule has 0 saturated carbocycles. The van der Waals surface area contributed by atoms with Crippen LogP contribution in [0.1, 0.15) is 18.4 Å². The van der Waals surface area contributed by atoms with Crippen molar-refractivity contribution in [1.29, 1.82) is 0 Å². The van der Waals surface area contributed by atoms with E-state index < -0.39 is 0 Å². The summed E-state index contributed by atoms with van der Waals surface area (Å²) in [5, 5.41) is 6.16. The van der Waals surface area contributed by atoms with Crippen LogP contribution in [-0.2, 0) is 11.2 Å². The van der Waals surface area contributed by atoms with E-state index in [0.29, 0.717) is 5.41 Å². The van der Waals surface area contributed by atoms with Gasteiger partial charge in [0.05, 0.1) is 6.61 Å². The maximum Gasteiger partial charge on any atom is 0.193 e. The molecule has 2 aromatic rings. The number of nitrogens with zero attached hydrogens (tertiary/aromatic N) is 2. The smallest absolute Gasteiger partial charge is 0.193 e. The number of benzene rings is 2. The molecule has 2 saturated heterocycles. The van der Waals surface area contributed by atoms with Gasteiger partial charge in [-0.05, 0) is 35.6 Å². The number of aliphatic imine (C=N–C) groups is 1. The van der Waals surface area contributed by atoms with Crippen molar-refractivity contribution in [2.24, 2.45) is 10.4 Å². The van der Waals surface area contributed by atoms with Crippen LogP contribution >= 0.6 is 0 Å². The lowest BCUT2D eigenvalue weighted by Crippen LogP contribution is -2.42. The monoisotopic (exact) mass is 337 g/mol. The number of hydrogen-bond acceptors (Lipinski definition) is 2. The summed E-state index contributed by atoms with van der Waals surface area (Å²) in [6.07, 6.45) is 3.42. The SMILES string of the molecule is CN=C(NCCc1ccc2ccccc2c1)N1CCC2(CCOC2)C1. The van der Waals surface area contributed by atoms with Gasteiger partial charge in [-0.2, -0.15) is 0 Å². The molecule has 25 heavy (non-hydrogen) atoms. The Morgan fingerprint density at radius 1 is 1.20 bits per heavy atom. The minimum atomic E-state index is 0.371. The van der Waals surface area contributed by atoms with E-state index in [1.165, 1.54) is 29.2 Å². The van der Waals surface area contributed by atoms with E-state index in [1.807, 2.05) is 7.05 Å². The van der Waals surface area contributed by atoms with E-state index in [0.717, 1.165) is 45.2 Å². The minimum absolute atomic E-state index is 0.371. The second-order valence-electron chi connectivity index (χ2n) is 7.38. The van der Waals surface area contributed by atoms with Crippen molar-refractivity contribution in [3.05, 3.63) is 48.0 Å². The third kappa shape index (κ3) is 3.49. The zero-order valence-corrected chi connectivity index (χ0v) is 15.0. The fourth-order valence-corrected chi connectivity index (χ4v) is 4.13. The molecule has 0 aliphatic carbocycles. The van der Waals surface area contributed by atoms with Crippen molar-refractivity contribution < 1.29 is 4.74 Å². The van der Waals surface area contributed by atoms with Crippen LogP contribution in [-0.4, -0.2) is 50.8 Å². The van der Waals surface area contributed by atoms with Gasteiger partial charge in [-0.25, -0.2) is 0 Å². The van der Waals surface area contributed by atoms with Crippen LogP contribution in [0.25, 0.3) is 10.8 Å². The van der Waals surface area contributed by atoms with Crippen molar-refractivity contribution in [2.75, 3.05) is 39.9 Å². The molecule has 1 spiro atoms. The van der Waals surface area contributed by atoms with Crippen LogP contribution in [0.15, 0.2) is 47.5 Å². The fraction of sp³-hybridized carbons (Fsp3) is 0.476. The summed E-state index contributed by atoms with van der Waals surface area (Å²) in [6, 6.07) is 15.3. The van der Waals surface area contributed by atoms with Gasteiger partial charge in [0.15, 0.2) is 5.96 Å². The predicted octanol–water partition coefficient (Wildman–Crippen LogP) is 3.07. The van der Waals surface area contributed by atoms with Gasteiger partial charge < -0.3 is 15.0 Å². The van der Waals surface area contributed by atoms with Crippen molar-refractivity contribution in [2.45, 2.75) is 19.3 Å². The van der Waals surface area contributed by atoms with E-state index in [1.54, 1.807) is 0 Å². The van der Waals surface area contributed by atoms with E-state index in [4.69, 9.17) is 4.74 Å². The van der Waals surface area contributed by atoms with E-state index >= 15 is 0 Å². The Hall–Kier alpha value is -2.07. The molecule has 0 bridgehead atoms. The molecule has 1 atom stereocenters. The van der Waals surface area contributed by atoms with E-state index in [2.05, 4.69) is 57.7 Å². The normalized spacial score (nSPS) is 23.7. The molecule has 0 aromatic heterocycles. The summed E-state index contributed by atoms with van der Waals surface area (Å²) in [6.45, 7) is 4.89. The Morgan fingerprint density at radius 3 is 2.88 bits per heavy atom. The number of likely N-dealkylation sites (tertiary alicyclic amines) is 1. The molecule has 2 aromatic carbocycles. The summed E-state index contributed by atoms with van der Waals surface area (Å²) in [5.74, 6) is 1.03. The number of guanidine groups is 1.